The molecule has 0 aromatic heterocycles. The summed E-state index contributed by atoms with van der Waals surface area (Å²) in [5.41, 5.74) is -1.38. The fraction of sp³-hybridized carbons (Fsp3) is 0.857. The smallest absolute Gasteiger partial charge is 0.408 e. The van der Waals surface area contributed by atoms with Gasteiger partial charge in [0.25, 0.3) is 5.91 Å². The fourth-order valence-corrected chi connectivity index (χ4v) is 5.56. The van der Waals surface area contributed by atoms with Crippen molar-refractivity contribution in [2.45, 2.75) is 124 Å². The van der Waals surface area contributed by atoms with E-state index in [4.69, 9.17) is 4.74 Å². The minimum absolute atomic E-state index is 0.109. The second kappa shape index (κ2) is 13.6. The van der Waals surface area contributed by atoms with Crippen LogP contribution in [0.25, 0.3) is 0 Å². The summed E-state index contributed by atoms with van der Waals surface area (Å²) in [6, 6.07) is -2.45. The molecule has 1 heterocycles. The van der Waals surface area contributed by atoms with Crippen LogP contribution in [0.3, 0.4) is 0 Å². The highest BCUT2D eigenvalue weighted by atomic mass is 31.0. The number of aliphatic hydroxyl groups is 1. The SMILES string of the molecule is CC(C)C[C@@H]1C[C@@H](C(=O)NC(CC2CCC2)C(O)C(=O)NP)N(C(=O)[C@@H](NC(=O)OC(C)(C)C)C(C)(C)C)C1. The van der Waals surface area contributed by atoms with Crippen molar-refractivity contribution in [1.82, 2.24) is 20.6 Å². The molecule has 0 radical (unpaired) electrons. The summed E-state index contributed by atoms with van der Waals surface area (Å²) in [5.74, 6) is -0.502. The van der Waals surface area contributed by atoms with Gasteiger partial charge in [-0.3, -0.25) is 14.4 Å². The third-order valence-corrected chi connectivity index (χ3v) is 7.77. The van der Waals surface area contributed by atoms with Gasteiger partial charge >= 0.3 is 6.09 Å². The lowest BCUT2D eigenvalue weighted by Gasteiger charge is -2.36. The Kier molecular flexibility index (Phi) is 11.6. The Morgan fingerprint density at radius 2 is 1.62 bits per heavy atom. The van der Waals surface area contributed by atoms with Crippen molar-refractivity contribution in [3.8, 4) is 0 Å². The lowest BCUT2D eigenvalue weighted by Crippen LogP contribution is -2.59. The lowest BCUT2D eigenvalue weighted by molar-refractivity contribution is -0.143. The molecule has 224 valence electrons. The summed E-state index contributed by atoms with van der Waals surface area (Å²) in [6.07, 6.45) is 2.80. The van der Waals surface area contributed by atoms with Gasteiger partial charge in [0.05, 0.1) is 6.04 Å². The molecule has 10 nitrogen and oxygen atoms in total. The highest BCUT2D eigenvalue weighted by Gasteiger charge is 2.46. The van der Waals surface area contributed by atoms with Gasteiger partial charge in [-0.25, -0.2) is 4.79 Å². The highest BCUT2D eigenvalue weighted by molar-refractivity contribution is 7.15. The lowest BCUT2D eigenvalue weighted by atomic mass is 9.79. The molecule has 11 heteroatoms. The van der Waals surface area contributed by atoms with E-state index in [1.165, 1.54) is 0 Å². The molecule has 2 fully saturated rings. The molecule has 0 bridgehead atoms. The van der Waals surface area contributed by atoms with E-state index in [1.807, 2.05) is 20.8 Å². The Morgan fingerprint density at radius 1 is 1.00 bits per heavy atom. The predicted molar refractivity (Wildman–Crippen MR) is 153 cm³/mol. The molecule has 4 N–H and O–H groups in total. The molecule has 1 saturated heterocycles. The van der Waals surface area contributed by atoms with E-state index in [9.17, 15) is 24.3 Å². The molecular formula is C28H51N4O6P. The van der Waals surface area contributed by atoms with Gasteiger partial charge in [0.1, 0.15) is 17.7 Å². The number of amides is 4. The highest BCUT2D eigenvalue weighted by Crippen LogP contribution is 2.33. The van der Waals surface area contributed by atoms with Crippen LogP contribution >= 0.6 is 9.39 Å². The van der Waals surface area contributed by atoms with Gasteiger partial charge in [0.2, 0.25) is 11.8 Å². The van der Waals surface area contributed by atoms with Crippen LogP contribution in [0.4, 0.5) is 4.79 Å². The van der Waals surface area contributed by atoms with Crippen molar-refractivity contribution >= 4 is 33.2 Å². The van der Waals surface area contributed by atoms with Crippen LogP contribution in [0.15, 0.2) is 0 Å². The zero-order chi connectivity index (χ0) is 29.7. The van der Waals surface area contributed by atoms with Crippen LogP contribution in [-0.2, 0) is 19.1 Å². The van der Waals surface area contributed by atoms with E-state index in [1.54, 1.807) is 25.7 Å². The number of nitrogens with one attached hydrogen (secondary N) is 3. The van der Waals surface area contributed by atoms with Gasteiger partial charge in [-0.15, -0.1) is 0 Å². The largest absolute Gasteiger partial charge is 0.444 e. The van der Waals surface area contributed by atoms with Gasteiger partial charge in [-0.2, -0.15) is 0 Å². The number of alkyl carbamates (subject to hydrolysis) is 1. The average Bonchev–Trinajstić information content (AvgIpc) is 3.18. The summed E-state index contributed by atoms with van der Waals surface area (Å²) in [6.45, 7) is 15.4. The maximum atomic E-state index is 14.0. The second-order valence-electron chi connectivity index (χ2n) is 13.8. The van der Waals surface area contributed by atoms with Gasteiger partial charge in [-0.1, -0.05) is 53.9 Å². The molecule has 4 amide bonds. The summed E-state index contributed by atoms with van der Waals surface area (Å²) in [5, 5.41) is 18.7. The molecule has 2 rings (SSSR count). The van der Waals surface area contributed by atoms with Crippen molar-refractivity contribution in [2.75, 3.05) is 6.54 Å². The fourth-order valence-electron chi connectivity index (χ4n) is 5.39. The third-order valence-electron chi connectivity index (χ3n) is 7.48. The Morgan fingerprint density at radius 3 is 2.08 bits per heavy atom. The number of carbonyl (C=O) groups is 4. The standard InChI is InChI=1S/C28H51N4O6P/c1-16(2)12-18-14-20(23(34)29-19(13-17-10-9-11-17)21(33)24(35)31-39)32(15-18)25(36)22(27(3,4)5)30-26(37)38-28(6,7)8/h16-22,33H,9-15,39H2,1-8H3,(H,29,34)(H,30,37)(H,31,35)/t18-,19?,20+,21?,22-/m1/s1. The molecular weight excluding hydrogens is 519 g/mol. The van der Waals surface area contributed by atoms with E-state index in [-0.39, 0.29) is 17.7 Å². The number of ether oxygens (including phenoxy) is 1. The van der Waals surface area contributed by atoms with Crippen LogP contribution in [0.5, 0.6) is 0 Å². The Hall–Kier alpha value is -1.93. The summed E-state index contributed by atoms with van der Waals surface area (Å²) in [7, 11) is 2.08. The van der Waals surface area contributed by atoms with Gasteiger partial charge in [0.15, 0.2) is 6.10 Å². The Labute approximate surface area is 236 Å². The first-order chi connectivity index (χ1) is 17.9. The maximum Gasteiger partial charge on any atom is 0.408 e. The van der Waals surface area contributed by atoms with E-state index in [0.29, 0.717) is 31.2 Å². The molecule has 1 aliphatic carbocycles. The van der Waals surface area contributed by atoms with Crippen LogP contribution in [-0.4, -0.2) is 70.2 Å². The van der Waals surface area contributed by atoms with Crippen molar-refractivity contribution in [1.29, 1.82) is 0 Å². The number of rotatable bonds is 10. The molecule has 3 unspecified atom stereocenters. The Bertz CT molecular complexity index is 880. The van der Waals surface area contributed by atoms with Crippen LogP contribution in [0.1, 0.15) is 93.9 Å². The van der Waals surface area contributed by atoms with Crippen molar-refractivity contribution in [2.24, 2.45) is 23.2 Å². The summed E-state index contributed by atoms with van der Waals surface area (Å²) >= 11 is 0. The first-order valence-corrected chi connectivity index (χ1v) is 14.8. The number of hydrogen-bond acceptors (Lipinski definition) is 6. The van der Waals surface area contributed by atoms with Crippen LogP contribution in [0, 0.1) is 23.2 Å². The molecule has 1 saturated carbocycles. The van der Waals surface area contributed by atoms with Crippen molar-refractivity contribution in [3.63, 3.8) is 0 Å². The summed E-state index contributed by atoms with van der Waals surface area (Å²) in [4.78, 5) is 54.2. The molecule has 0 aromatic carbocycles. The van der Waals surface area contributed by atoms with Crippen molar-refractivity contribution in [3.05, 3.63) is 0 Å². The van der Waals surface area contributed by atoms with Gasteiger partial charge in [-0.05, 0) is 72.6 Å². The average molecular weight is 571 g/mol. The van der Waals surface area contributed by atoms with Crippen LogP contribution in [0.2, 0.25) is 0 Å². The predicted octanol–water partition coefficient (Wildman–Crippen LogP) is 3.13. The minimum Gasteiger partial charge on any atom is -0.444 e. The molecule has 39 heavy (non-hydrogen) atoms. The van der Waals surface area contributed by atoms with Crippen LogP contribution < -0.4 is 15.7 Å². The quantitative estimate of drug-likeness (QED) is 0.298. The third kappa shape index (κ3) is 9.89. The van der Waals surface area contributed by atoms with Gasteiger partial charge in [0, 0.05) is 6.54 Å². The molecule has 0 aromatic rings. The van der Waals surface area contributed by atoms with E-state index >= 15 is 0 Å². The van der Waals surface area contributed by atoms with E-state index in [0.717, 1.165) is 25.7 Å². The number of likely N-dealkylation sites (tertiary alicyclic amines) is 1. The number of carbonyl (C=O) groups excluding carboxylic acids is 4. The maximum absolute atomic E-state index is 14.0. The first kappa shape index (κ1) is 33.3. The zero-order valence-electron chi connectivity index (χ0n) is 25.0. The number of hydrogen-bond donors (Lipinski definition) is 4. The second-order valence-corrected chi connectivity index (χ2v) is 14.1. The van der Waals surface area contributed by atoms with Gasteiger partial charge < -0.3 is 30.5 Å². The topological polar surface area (TPSA) is 137 Å². The normalized spacial score (nSPS) is 22.5. The molecule has 0 spiro atoms. The van der Waals surface area contributed by atoms with E-state index in [2.05, 4.69) is 39.0 Å². The zero-order valence-corrected chi connectivity index (χ0v) is 26.2. The number of nitrogens with zero attached hydrogens (tertiary/aromatic N) is 1. The van der Waals surface area contributed by atoms with E-state index < -0.39 is 47.2 Å². The Balaban J connectivity index is 2.31. The minimum atomic E-state index is -1.40. The first-order valence-electron chi connectivity index (χ1n) is 14.2. The molecule has 6 atom stereocenters. The molecule has 1 aliphatic heterocycles. The summed E-state index contributed by atoms with van der Waals surface area (Å²) < 4.78 is 5.42. The molecule has 2 aliphatic rings. The van der Waals surface area contributed by atoms with Crippen molar-refractivity contribution < 1.29 is 29.0 Å². The monoisotopic (exact) mass is 570 g/mol. The number of aliphatic hydroxyl groups excluding tert-OH is 1.